The topological polar surface area (TPSA) is 72.7 Å². The Morgan fingerprint density at radius 1 is 1.43 bits per heavy atom. The van der Waals surface area contributed by atoms with Crippen LogP contribution in [0.25, 0.3) is 0 Å². The first-order chi connectivity index (χ1) is 9.97. The van der Waals surface area contributed by atoms with E-state index in [4.69, 9.17) is 0 Å². The van der Waals surface area contributed by atoms with Gasteiger partial charge in [-0.15, -0.1) is 0 Å². The summed E-state index contributed by atoms with van der Waals surface area (Å²) in [5.74, 6) is -0.196. The summed E-state index contributed by atoms with van der Waals surface area (Å²) in [6, 6.07) is 0. The van der Waals surface area contributed by atoms with Gasteiger partial charge in [-0.3, -0.25) is 9.48 Å². The zero-order valence-electron chi connectivity index (χ0n) is 12.9. The molecule has 2 aromatic rings. The Morgan fingerprint density at radius 2 is 2.14 bits per heavy atom. The highest BCUT2D eigenvalue weighted by atomic mass is 32.2. The number of thioether (sulfide) groups is 1. The van der Waals surface area contributed by atoms with Crippen molar-refractivity contribution in [3.8, 4) is 0 Å². The van der Waals surface area contributed by atoms with Crippen molar-refractivity contribution in [2.24, 2.45) is 7.05 Å². The van der Waals surface area contributed by atoms with Gasteiger partial charge < -0.3 is 5.32 Å². The molecule has 0 aliphatic heterocycles. The smallest absolute Gasteiger partial charge is 0.259 e. The van der Waals surface area contributed by atoms with Gasteiger partial charge in [-0.2, -0.15) is 5.10 Å². The quantitative estimate of drug-likeness (QED) is 0.693. The lowest BCUT2D eigenvalue weighted by Gasteiger charge is -2.09. The summed E-state index contributed by atoms with van der Waals surface area (Å²) in [7, 11) is 1.85. The molecule has 0 saturated carbocycles. The lowest BCUT2D eigenvalue weighted by atomic mass is 10.1. The van der Waals surface area contributed by atoms with E-state index in [9.17, 15) is 4.79 Å². The first kappa shape index (κ1) is 15.5. The van der Waals surface area contributed by atoms with Gasteiger partial charge in [-0.05, 0) is 26.5 Å². The van der Waals surface area contributed by atoms with E-state index in [0.29, 0.717) is 17.1 Å². The summed E-state index contributed by atoms with van der Waals surface area (Å²) in [5.41, 5.74) is 3.73. The Morgan fingerprint density at radius 3 is 2.67 bits per heavy atom. The van der Waals surface area contributed by atoms with Crippen LogP contribution in [-0.2, 0) is 13.5 Å². The van der Waals surface area contributed by atoms with Gasteiger partial charge in [0, 0.05) is 13.2 Å². The van der Waals surface area contributed by atoms with E-state index in [0.717, 1.165) is 22.8 Å². The molecule has 1 amide bonds. The molecule has 0 saturated heterocycles. The van der Waals surface area contributed by atoms with E-state index in [2.05, 4.69) is 20.4 Å². The average molecular weight is 305 g/mol. The average Bonchev–Trinajstić information content (AvgIpc) is 2.72. The van der Waals surface area contributed by atoms with Gasteiger partial charge in [0.1, 0.15) is 0 Å². The minimum Gasteiger partial charge on any atom is -0.319 e. The third-order valence-corrected chi connectivity index (χ3v) is 3.92. The van der Waals surface area contributed by atoms with Crippen LogP contribution < -0.4 is 5.32 Å². The second kappa shape index (κ2) is 6.26. The number of aryl methyl sites for hydroxylation is 3. The molecular formula is C14H19N5OS. The van der Waals surface area contributed by atoms with Gasteiger partial charge >= 0.3 is 0 Å². The molecule has 0 fully saturated rings. The molecule has 0 aliphatic rings. The Labute approximate surface area is 128 Å². The number of anilines is 1. The molecule has 21 heavy (non-hydrogen) atoms. The van der Waals surface area contributed by atoms with Gasteiger partial charge in [0.2, 0.25) is 0 Å². The van der Waals surface area contributed by atoms with Gasteiger partial charge in [0.15, 0.2) is 5.16 Å². The summed E-state index contributed by atoms with van der Waals surface area (Å²) in [5, 5.41) is 7.89. The number of carbonyl (C=O) groups excluding carboxylic acids is 1. The van der Waals surface area contributed by atoms with Crippen LogP contribution in [0.2, 0.25) is 0 Å². The number of nitrogens with one attached hydrogen (secondary N) is 1. The first-order valence-electron chi connectivity index (χ1n) is 6.69. The summed E-state index contributed by atoms with van der Waals surface area (Å²) in [4.78, 5) is 21.1. The fourth-order valence-corrected chi connectivity index (χ4v) is 2.45. The highest BCUT2D eigenvalue weighted by molar-refractivity contribution is 7.98. The number of aromatic nitrogens is 4. The second-order valence-corrected chi connectivity index (χ2v) is 5.47. The van der Waals surface area contributed by atoms with Gasteiger partial charge in [0.05, 0.1) is 28.3 Å². The second-order valence-electron chi connectivity index (χ2n) is 4.69. The predicted molar refractivity (Wildman–Crippen MR) is 83.8 cm³/mol. The SMILES string of the molecule is CCc1nc(SC)ncc1C(=O)Nc1c(C)nn(C)c1C. The molecule has 0 atom stereocenters. The number of hydrogen-bond acceptors (Lipinski definition) is 5. The number of carbonyl (C=O) groups is 1. The van der Waals surface area contributed by atoms with Crippen molar-refractivity contribution in [2.75, 3.05) is 11.6 Å². The molecular weight excluding hydrogens is 286 g/mol. The van der Waals surface area contributed by atoms with Gasteiger partial charge in [-0.1, -0.05) is 18.7 Å². The summed E-state index contributed by atoms with van der Waals surface area (Å²) in [6.07, 6.45) is 4.19. The Balaban J connectivity index is 2.32. The standard InChI is InChI=1S/C14H19N5OS/c1-6-11-10(7-15-14(16-11)21-5)13(20)17-12-8(2)18-19(4)9(12)3/h7H,6H2,1-5H3,(H,17,20). The highest BCUT2D eigenvalue weighted by Gasteiger charge is 2.17. The molecule has 0 unspecified atom stereocenters. The molecule has 6 nitrogen and oxygen atoms in total. The van der Waals surface area contributed by atoms with E-state index in [1.807, 2.05) is 34.1 Å². The monoisotopic (exact) mass is 305 g/mol. The van der Waals surface area contributed by atoms with Crippen LogP contribution in [-0.4, -0.2) is 31.9 Å². The fourth-order valence-electron chi connectivity index (χ4n) is 2.09. The van der Waals surface area contributed by atoms with Gasteiger partial charge in [-0.25, -0.2) is 9.97 Å². The maximum absolute atomic E-state index is 12.5. The van der Waals surface area contributed by atoms with Crippen LogP contribution in [0.4, 0.5) is 5.69 Å². The lowest BCUT2D eigenvalue weighted by molar-refractivity contribution is 0.102. The van der Waals surface area contributed by atoms with Crippen LogP contribution in [0.15, 0.2) is 11.4 Å². The first-order valence-corrected chi connectivity index (χ1v) is 7.91. The molecule has 7 heteroatoms. The van der Waals surface area contributed by atoms with Gasteiger partial charge in [0.25, 0.3) is 5.91 Å². The number of rotatable bonds is 4. The zero-order chi connectivity index (χ0) is 15.6. The number of hydrogen-bond donors (Lipinski definition) is 1. The maximum Gasteiger partial charge on any atom is 0.259 e. The Hall–Kier alpha value is -1.89. The molecule has 2 heterocycles. The van der Waals surface area contributed by atoms with E-state index in [-0.39, 0.29) is 5.91 Å². The van der Waals surface area contributed by atoms with Crippen molar-refractivity contribution < 1.29 is 4.79 Å². The molecule has 0 bridgehead atoms. The fraction of sp³-hybridized carbons (Fsp3) is 0.429. The molecule has 0 aliphatic carbocycles. The van der Waals surface area contributed by atoms with Crippen molar-refractivity contribution in [3.05, 3.63) is 28.8 Å². The third-order valence-electron chi connectivity index (χ3n) is 3.36. The normalized spacial score (nSPS) is 10.7. The minimum absolute atomic E-state index is 0.196. The van der Waals surface area contributed by atoms with Crippen molar-refractivity contribution in [1.82, 2.24) is 19.7 Å². The predicted octanol–water partition coefficient (Wildman–Crippen LogP) is 2.36. The molecule has 2 aromatic heterocycles. The Kier molecular flexibility index (Phi) is 4.62. The lowest BCUT2D eigenvalue weighted by Crippen LogP contribution is -2.17. The van der Waals surface area contributed by atoms with Crippen LogP contribution in [0.5, 0.6) is 0 Å². The van der Waals surface area contributed by atoms with Crippen molar-refractivity contribution in [2.45, 2.75) is 32.3 Å². The van der Waals surface area contributed by atoms with E-state index >= 15 is 0 Å². The highest BCUT2D eigenvalue weighted by Crippen LogP contribution is 2.20. The molecule has 1 N–H and O–H groups in total. The van der Waals surface area contributed by atoms with Crippen molar-refractivity contribution >= 4 is 23.4 Å². The van der Waals surface area contributed by atoms with E-state index in [1.54, 1.807) is 10.9 Å². The summed E-state index contributed by atoms with van der Waals surface area (Å²) in [6.45, 7) is 5.77. The van der Waals surface area contributed by atoms with E-state index in [1.165, 1.54) is 11.8 Å². The molecule has 0 radical (unpaired) electrons. The van der Waals surface area contributed by atoms with E-state index < -0.39 is 0 Å². The third kappa shape index (κ3) is 3.07. The van der Waals surface area contributed by atoms with Crippen LogP contribution in [0.3, 0.4) is 0 Å². The van der Waals surface area contributed by atoms with Crippen molar-refractivity contribution in [1.29, 1.82) is 0 Å². The molecule has 2 rings (SSSR count). The minimum atomic E-state index is -0.196. The maximum atomic E-state index is 12.5. The Bertz CT molecular complexity index is 680. The largest absolute Gasteiger partial charge is 0.319 e. The molecule has 0 spiro atoms. The van der Waals surface area contributed by atoms with Crippen molar-refractivity contribution in [3.63, 3.8) is 0 Å². The number of nitrogens with zero attached hydrogens (tertiary/aromatic N) is 4. The van der Waals surface area contributed by atoms with Crippen LogP contribution in [0.1, 0.15) is 34.4 Å². The molecule has 0 aromatic carbocycles. The summed E-state index contributed by atoms with van der Waals surface area (Å²) < 4.78 is 1.75. The van der Waals surface area contributed by atoms with Crippen LogP contribution >= 0.6 is 11.8 Å². The molecule has 112 valence electrons. The summed E-state index contributed by atoms with van der Waals surface area (Å²) >= 11 is 1.46. The van der Waals surface area contributed by atoms with Crippen LogP contribution in [0, 0.1) is 13.8 Å². The number of amides is 1. The zero-order valence-corrected chi connectivity index (χ0v) is 13.7.